The van der Waals surface area contributed by atoms with Crippen molar-refractivity contribution in [2.75, 3.05) is 19.7 Å². The van der Waals surface area contributed by atoms with Crippen molar-refractivity contribution in [3.8, 4) is 34.0 Å². The number of amides is 1. The zero-order chi connectivity index (χ0) is 25.8. The molecule has 0 fully saturated rings. The number of aromatic hydroxyl groups is 1. The van der Waals surface area contributed by atoms with E-state index in [1.165, 1.54) is 0 Å². The number of benzene rings is 2. The lowest BCUT2D eigenvalue weighted by atomic mass is 10.0. The highest BCUT2D eigenvalue weighted by atomic mass is 79.9. The maximum Gasteiger partial charge on any atom is 0.227 e. The molecule has 2 aromatic heterocycles. The lowest BCUT2D eigenvalue weighted by molar-refractivity contribution is -0.130. The summed E-state index contributed by atoms with van der Waals surface area (Å²) in [6.45, 7) is 9.90. The first-order chi connectivity index (χ1) is 17.4. The van der Waals surface area contributed by atoms with Crippen LogP contribution in [-0.2, 0) is 11.2 Å². The van der Waals surface area contributed by atoms with Crippen molar-refractivity contribution in [2.24, 2.45) is 0 Å². The van der Waals surface area contributed by atoms with Crippen molar-refractivity contribution >= 4 is 27.5 Å². The second-order valence-electron chi connectivity index (χ2n) is 8.62. The van der Waals surface area contributed by atoms with E-state index in [9.17, 15) is 9.90 Å². The van der Waals surface area contributed by atoms with E-state index in [0.717, 1.165) is 33.5 Å². The van der Waals surface area contributed by atoms with Crippen LogP contribution in [-0.4, -0.2) is 50.2 Å². The molecule has 0 saturated carbocycles. The van der Waals surface area contributed by atoms with Gasteiger partial charge in [0.1, 0.15) is 11.5 Å². The van der Waals surface area contributed by atoms with Gasteiger partial charge in [0, 0.05) is 39.9 Å². The quantitative estimate of drug-likeness (QED) is 0.275. The third-order valence-corrected chi connectivity index (χ3v) is 6.63. The molecule has 36 heavy (non-hydrogen) atoms. The van der Waals surface area contributed by atoms with Gasteiger partial charge in [0.05, 0.1) is 24.4 Å². The first-order valence-electron chi connectivity index (χ1n) is 12.2. The summed E-state index contributed by atoms with van der Waals surface area (Å²) in [7, 11) is 0. The molecule has 0 radical (unpaired) electrons. The van der Waals surface area contributed by atoms with E-state index in [1.807, 2.05) is 62.1 Å². The van der Waals surface area contributed by atoms with Crippen LogP contribution in [0.4, 0.5) is 0 Å². The molecule has 0 aliphatic heterocycles. The molecule has 1 amide bonds. The molecule has 0 spiro atoms. The maximum absolute atomic E-state index is 13.2. The predicted octanol–water partition coefficient (Wildman–Crippen LogP) is 6.04. The summed E-state index contributed by atoms with van der Waals surface area (Å²) in [5, 5.41) is 15.4. The maximum atomic E-state index is 13.2. The number of nitrogens with zero attached hydrogens (tertiary/aromatic N) is 4. The molecule has 2 heterocycles. The summed E-state index contributed by atoms with van der Waals surface area (Å²) in [6.07, 6.45) is 1.11. The molecule has 0 atom stereocenters. The average Bonchev–Trinajstić information content (AvgIpc) is 3.24. The first-order valence-corrected chi connectivity index (χ1v) is 13.0. The number of rotatable bonds is 9. The van der Waals surface area contributed by atoms with Gasteiger partial charge in [0.25, 0.3) is 0 Å². The summed E-state index contributed by atoms with van der Waals surface area (Å²) in [6, 6.07) is 14.9. The summed E-state index contributed by atoms with van der Waals surface area (Å²) in [5.41, 5.74) is 5.03. The molecule has 1 N–H and O–H groups in total. The fraction of sp³-hybridized carbons (Fsp3) is 0.321. The number of hydrogen-bond donors (Lipinski definition) is 1. The number of aryl methyl sites for hydroxylation is 1. The van der Waals surface area contributed by atoms with Crippen LogP contribution in [0, 0.1) is 6.92 Å². The van der Waals surface area contributed by atoms with Crippen molar-refractivity contribution in [2.45, 2.75) is 40.5 Å². The number of likely N-dealkylation sites (N-methyl/N-ethyl adjacent to an activating group) is 1. The lowest BCUT2D eigenvalue weighted by Gasteiger charge is -2.18. The van der Waals surface area contributed by atoms with E-state index in [2.05, 4.69) is 22.9 Å². The van der Waals surface area contributed by atoms with Crippen LogP contribution >= 0.6 is 15.9 Å². The fourth-order valence-electron chi connectivity index (χ4n) is 4.22. The summed E-state index contributed by atoms with van der Waals surface area (Å²) < 4.78 is 8.36. The zero-order valence-electron chi connectivity index (χ0n) is 21.1. The van der Waals surface area contributed by atoms with Crippen LogP contribution in [0.15, 0.2) is 53.0 Å². The van der Waals surface area contributed by atoms with Crippen LogP contribution in [0.3, 0.4) is 0 Å². The summed E-state index contributed by atoms with van der Waals surface area (Å²) in [4.78, 5) is 19.9. The number of aromatic nitrogens is 3. The highest BCUT2D eigenvalue weighted by molar-refractivity contribution is 9.10. The van der Waals surface area contributed by atoms with Crippen LogP contribution in [0.5, 0.6) is 11.5 Å². The SMILES string of the molecule is CCCOc1ccc(-c2nn3c(C)cc(-c4cc(Br)ccc4O)nc3c2CC(=O)N(CC)CC)cc1. The highest BCUT2D eigenvalue weighted by Crippen LogP contribution is 2.34. The second-order valence-corrected chi connectivity index (χ2v) is 9.54. The third kappa shape index (κ3) is 5.23. The van der Waals surface area contributed by atoms with Gasteiger partial charge < -0.3 is 14.7 Å². The molecule has 0 bridgehead atoms. The van der Waals surface area contributed by atoms with Crippen molar-refractivity contribution in [1.29, 1.82) is 0 Å². The standard InChI is InChI=1S/C28H31BrN4O3/c1-5-14-36-21-11-8-19(9-12-21)27-23(17-26(35)32(6-2)7-3)28-30-24(15-18(4)33(28)31-27)22-16-20(29)10-13-25(22)34/h8-13,15-16,34H,5-7,14,17H2,1-4H3. The number of carbonyl (C=O) groups excluding carboxylic acids is 1. The normalized spacial score (nSPS) is 11.1. The average molecular weight is 551 g/mol. The molecular weight excluding hydrogens is 520 g/mol. The Balaban J connectivity index is 1.88. The highest BCUT2D eigenvalue weighted by Gasteiger charge is 2.23. The summed E-state index contributed by atoms with van der Waals surface area (Å²) >= 11 is 3.48. The number of phenols is 1. The number of ether oxygens (including phenoxy) is 1. The predicted molar refractivity (Wildman–Crippen MR) is 145 cm³/mol. The Kier molecular flexibility index (Phi) is 7.94. The summed E-state index contributed by atoms with van der Waals surface area (Å²) in [5.74, 6) is 0.957. The largest absolute Gasteiger partial charge is 0.507 e. The minimum atomic E-state index is 0.0224. The fourth-order valence-corrected chi connectivity index (χ4v) is 4.58. The van der Waals surface area contributed by atoms with E-state index in [4.69, 9.17) is 14.8 Å². The Labute approximate surface area is 219 Å². The molecule has 0 aliphatic carbocycles. The van der Waals surface area contributed by atoms with Crippen LogP contribution < -0.4 is 4.74 Å². The van der Waals surface area contributed by atoms with Crippen LogP contribution in [0.2, 0.25) is 0 Å². The van der Waals surface area contributed by atoms with Gasteiger partial charge in [0.2, 0.25) is 5.91 Å². The van der Waals surface area contributed by atoms with E-state index < -0.39 is 0 Å². The van der Waals surface area contributed by atoms with Crippen molar-refractivity contribution in [3.05, 3.63) is 64.3 Å². The molecule has 188 valence electrons. The third-order valence-electron chi connectivity index (χ3n) is 6.14. The zero-order valence-corrected chi connectivity index (χ0v) is 22.7. The smallest absolute Gasteiger partial charge is 0.227 e. The second kappa shape index (κ2) is 11.1. The minimum absolute atomic E-state index is 0.0224. The number of halogens is 1. The van der Waals surface area contributed by atoms with Gasteiger partial charge in [-0.15, -0.1) is 0 Å². The molecular formula is C28H31BrN4O3. The van der Waals surface area contributed by atoms with Crippen molar-refractivity contribution in [1.82, 2.24) is 19.5 Å². The monoisotopic (exact) mass is 550 g/mol. The van der Waals surface area contributed by atoms with E-state index in [1.54, 1.807) is 16.6 Å². The van der Waals surface area contributed by atoms with Gasteiger partial charge in [-0.25, -0.2) is 9.50 Å². The lowest BCUT2D eigenvalue weighted by Crippen LogP contribution is -2.31. The van der Waals surface area contributed by atoms with Gasteiger partial charge in [0.15, 0.2) is 5.65 Å². The van der Waals surface area contributed by atoms with Crippen molar-refractivity contribution in [3.63, 3.8) is 0 Å². The van der Waals surface area contributed by atoms with Crippen molar-refractivity contribution < 1.29 is 14.6 Å². The number of carbonyl (C=O) groups is 1. The number of fused-ring (bicyclic) bond motifs is 1. The Hall–Kier alpha value is -3.39. The molecule has 2 aromatic carbocycles. The molecule has 7 nitrogen and oxygen atoms in total. The molecule has 4 aromatic rings. The van der Waals surface area contributed by atoms with E-state index in [-0.39, 0.29) is 18.1 Å². The van der Waals surface area contributed by atoms with Gasteiger partial charge in [-0.3, -0.25) is 4.79 Å². The van der Waals surface area contributed by atoms with E-state index >= 15 is 0 Å². The Bertz CT molecular complexity index is 1380. The van der Waals surface area contributed by atoms with Crippen LogP contribution in [0.1, 0.15) is 38.4 Å². The Morgan fingerprint density at radius 3 is 2.47 bits per heavy atom. The van der Waals surface area contributed by atoms with Gasteiger partial charge in [-0.05, 0) is 75.7 Å². The molecule has 8 heteroatoms. The first kappa shape index (κ1) is 25.7. The topological polar surface area (TPSA) is 80.0 Å². The molecule has 0 unspecified atom stereocenters. The molecule has 4 rings (SSSR count). The number of phenolic OH excluding ortho intramolecular Hbond substituents is 1. The van der Waals surface area contributed by atoms with Gasteiger partial charge in [-0.2, -0.15) is 5.10 Å². The Morgan fingerprint density at radius 2 is 1.81 bits per heavy atom. The Morgan fingerprint density at radius 1 is 1.08 bits per heavy atom. The van der Waals surface area contributed by atoms with E-state index in [0.29, 0.717) is 42.3 Å². The molecule has 0 aliphatic rings. The number of hydrogen-bond acceptors (Lipinski definition) is 5. The van der Waals surface area contributed by atoms with Gasteiger partial charge in [-0.1, -0.05) is 22.9 Å². The van der Waals surface area contributed by atoms with Gasteiger partial charge >= 0.3 is 0 Å². The molecule has 0 saturated heterocycles. The minimum Gasteiger partial charge on any atom is -0.507 e. The van der Waals surface area contributed by atoms with Crippen LogP contribution in [0.25, 0.3) is 28.2 Å².